The third-order valence-corrected chi connectivity index (χ3v) is 5.83. The van der Waals surface area contributed by atoms with Gasteiger partial charge in [-0.3, -0.25) is 0 Å². The van der Waals surface area contributed by atoms with Gasteiger partial charge in [-0.2, -0.15) is 0 Å². The summed E-state index contributed by atoms with van der Waals surface area (Å²) < 4.78 is 5.56. The first-order chi connectivity index (χ1) is 9.84. The van der Waals surface area contributed by atoms with E-state index in [2.05, 4.69) is 17.6 Å². The largest absolute Gasteiger partial charge is 0.381 e. The molecule has 20 heavy (non-hydrogen) atoms. The highest BCUT2D eigenvalue weighted by Crippen LogP contribution is 2.31. The van der Waals surface area contributed by atoms with Crippen LogP contribution in [0.3, 0.4) is 0 Å². The minimum absolute atomic E-state index is 0.617. The molecule has 2 saturated heterocycles. The molecule has 2 N–H and O–H groups in total. The lowest BCUT2D eigenvalue weighted by Gasteiger charge is -2.41. The van der Waals surface area contributed by atoms with Crippen molar-refractivity contribution in [1.29, 1.82) is 0 Å². The number of hydrogen-bond acceptors (Lipinski definition) is 3. The highest BCUT2D eigenvalue weighted by Gasteiger charge is 2.34. The van der Waals surface area contributed by atoms with Gasteiger partial charge in [-0.05, 0) is 57.4 Å². The third-order valence-electron chi connectivity index (χ3n) is 5.83. The Bertz CT molecular complexity index is 285. The molecule has 3 aliphatic rings. The predicted octanol–water partition coefficient (Wildman–Crippen LogP) is 2.70. The van der Waals surface area contributed by atoms with Gasteiger partial charge in [0, 0.05) is 24.7 Å². The van der Waals surface area contributed by atoms with Crippen LogP contribution in [0.1, 0.15) is 58.3 Å². The van der Waals surface area contributed by atoms with Crippen LogP contribution in [-0.4, -0.2) is 37.9 Å². The molecular weight excluding hydrogens is 248 g/mol. The van der Waals surface area contributed by atoms with Crippen LogP contribution in [0, 0.1) is 11.8 Å². The molecule has 116 valence electrons. The number of piperidine rings is 1. The molecule has 5 atom stereocenters. The smallest absolute Gasteiger partial charge is 0.0509 e. The summed E-state index contributed by atoms with van der Waals surface area (Å²) in [6.07, 6.45) is 11.1. The molecule has 0 radical (unpaired) electrons. The Morgan fingerprint density at radius 1 is 1.05 bits per heavy atom. The van der Waals surface area contributed by atoms with Gasteiger partial charge in [-0.25, -0.2) is 0 Å². The molecule has 3 rings (SSSR count). The van der Waals surface area contributed by atoms with Gasteiger partial charge >= 0.3 is 0 Å². The van der Waals surface area contributed by atoms with Crippen molar-refractivity contribution in [3.63, 3.8) is 0 Å². The van der Waals surface area contributed by atoms with Crippen LogP contribution in [0.2, 0.25) is 0 Å². The molecule has 5 unspecified atom stereocenters. The molecule has 0 aromatic carbocycles. The lowest BCUT2D eigenvalue weighted by Crippen LogP contribution is -2.53. The summed E-state index contributed by atoms with van der Waals surface area (Å²) in [5.41, 5.74) is 0. The first-order valence-electron chi connectivity index (χ1n) is 8.92. The summed E-state index contributed by atoms with van der Waals surface area (Å²) in [5, 5.41) is 7.79. The van der Waals surface area contributed by atoms with Crippen molar-refractivity contribution in [2.24, 2.45) is 11.8 Å². The quantitative estimate of drug-likeness (QED) is 0.831. The zero-order valence-electron chi connectivity index (χ0n) is 13.1. The molecule has 2 heterocycles. The van der Waals surface area contributed by atoms with Crippen LogP contribution in [0.25, 0.3) is 0 Å². The maximum absolute atomic E-state index is 5.56. The van der Waals surface area contributed by atoms with Crippen LogP contribution < -0.4 is 10.6 Å². The molecule has 1 saturated carbocycles. The molecule has 3 nitrogen and oxygen atoms in total. The lowest BCUT2D eigenvalue weighted by molar-refractivity contribution is 0.149. The second-order valence-corrected chi connectivity index (χ2v) is 7.19. The van der Waals surface area contributed by atoms with Gasteiger partial charge in [0.1, 0.15) is 0 Å². The van der Waals surface area contributed by atoms with E-state index < -0.39 is 0 Å². The highest BCUT2D eigenvalue weighted by molar-refractivity contribution is 4.92. The van der Waals surface area contributed by atoms with Crippen LogP contribution in [0.4, 0.5) is 0 Å². The molecule has 0 aromatic rings. The fourth-order valence-corrected chi connectivity index (χ4v) is 4.51. The average molecular weight is 280 g/mol. The molecule has 3 heteroatoms. The fourth-order valence-electron chi connectivity index (χ4n) is 4.51. The van der Waals surface area contributed by atoms with Crippen LogP contribution in [-0.2, 0) is 4.74 Å². The van der Waals surface area contributed by atoms with Crippen LogP contribution in [0.15, 0.2) is 0 Å². The molecule has 3 fully saturated rings. The summed E-state index contributed by atoms with van der Waals surface area (Å²) >= 11 is 0. The van der Waals surface area contributed by atoms with E-state index in [4.69, 9.17) is 4.74 Å². The number of rotatable bonds is 4. The first kappa shape index (κ1) is 14.8. The average Bonchev–Trinajstić information content (AvgIpc) is 3.03. The standard InChI is InChI=1S/C17H32N2O/c1-13(14-9-11-20-12-14)19-17-8-3-2-6-15(17)16-7-4-5-10-18-16/h13-19H,2-12H2,1H3. The van der Waals surface area contributed by atoms with Gasteiger partial charge in [-0.1, -0.05) is 19.3 Å². The topological polar surface area (TPSA) is 33.3 Å². The van der Waals surface area contributed by atoms with E-state index >= 15 is 0 Å². The van der Waals surface area contributed by atoms with Gasteiger partial charge in [0.25, 0.3) is 0 Å². The second kappa shape index (κ2) is 7.24. The lowest BCUT2D eigenvalue weighted by atomic mass is 9.76. The van der Waals surface area contributed by atoms with Gasteiger partial charge < -0.3 is 15.4 Å². The zero-order valence-corrected chi connectivity index (χ0v) is 13.1. The SMILES string of the molecule is CC(NC1CCCCC1C1CCCCN1)C1CCOC1. The van der Waals surface area contributed by atoms with Crippen molar-refractivity contribution in [3.05, 3.63) is 0 Å². The first-order valence-corrected chi connectivity index (χ1v) is 8.92. The third kappa shape index (κ3) is 3.55. The van der Waals surface area contributed by atoms with E-state index in [9.17, 15) is 0 Å². The highest BCUT2D eigenvalue weighted by atomic mass is 16.5. The van der Waals surface area contributed by atoms with Crippen LogP contribution >= 0.6 is 0 Å². The monoisotopic (exact) mass is 280 g/mol. The van der Waals surface area contributed by atoms with Gasteiger partial charge in [-0.15, -0.1) is 0 Å². The fraction of sp³-hybridized carbons (Fsp3) is 1.00. The van der Waals surface area contributed by atoms with Crippen LogP contribution in [0.5, 0.6) is 0 Å². The molecule has 0 aromatic heterocycles. The van der Waals surface area contributed by atoms with Crippen molar-refractivity contribution < 1.29 is 4.74 Å². The van der Waals surface area contributed by atoms with Crippen molar-refractivity contribution in [2.45, 2.75) is 76.4 Å². The Kier molecular flexibility index (Phi) is 5.36. The van der Waals surface area contributed by atoms with Crippen molar-refractivity contribution in [1.82, 2.24) is 10.6 Å². The van der Waals surface area contributed by atoms with E-state index in [1.807, 2.05) is 0 Å². The minimum atomic E-state index is 0.617. The van der Waals surface area contributed by atoms with E-state index in [1.54, 1.807) is 0 Å². The molecule has 2 aliphatic heterocycles. The van der Waals surface area contributed by atoms with Gasteiger partial charge in [0.15, 0.2) is 0 Å². The Labute approximate surface area is 124 Å². The summed E-state index contributed by atoms with van der Waals surface area (Å²) in [7, 11) is 0. The van der Waals surface area contributed by atoms with Crippen molar-refractivity contribution in [3.8, 4) is 0 Å². The maximum atomic E-state index is 5.56. The Morgan fingerprint density at radius 3 is 2.65 bits per heavy atom. The summed E-state index contributed by atoms with van der Waals surface area (Å²) in [4.78, 5) is 0. The molecule has 0 bridgehead atoms. The van der Waals surface area contributed by atoms with Gasteiger partial charge in [0.05, 0.1) is 6.61 Å². The second-order valence-electron chi connectivity index (χ2n) is 7.19. The molecule has 1 aliphatic carbocycles. The zero-order chi connectivity index (χ0) is 13.8. The molecular formula is C17H32N2O. The van der Waals surface area contributed by atoms with E-state index in [-0.39, 0.29) is 0 Å². The number of ether oxygens (including phenoxy) is 1. The maximum Gasteiger partial charge on any atom is 0.0509 e. The number of nitrogens with one attached hydrogen (secondary N) is 2. The predicted molar refractivity (Wildman–Crippen MR) is 82.9 cm³/mol. The Hall–Kier alpha value is -0.120. The van der Waals surface area contributed by atoms with E-state index in [0.29, 0.717) is 6.04 Å². The van der Waals surface area contributed by atoms with Crippen molar-refractivity contribution in [2.75, 3.05) is 19.8 Å². The molecule has 0 amide bonds. The number of hydrogen-bond donors (Lipinski definition) is 2. The van der Waals surface area contributed by atoms with E-state index in [0.717, 1.165) is 37.1 Å². The van der Waals surface area contributed by atoms with Gasteiger partial charge in [0.2, 0.25) is 0 Å². The van der Waals surface area contributed by atoms with E-state index in [1.165, 1.54) is 57.9 Å². The van der Waals surface area contributed by atoms with Crippen molar-refractivity contribution >= 4 is 0 Å². The summed E-state index contributed by atoms with van der Waals surface area (Å²) in [6, 6.07) is 2.12. The minimum Gasteiger partial charge on any atom is -0.381 e. The summed E-state index contributed by atoms with van der Waals surface area (Å²) in [6.45, 7) is 5.54. The normalized spacial score (nSPS) is 40.6. The Balaban J connectivity index is 1.56. The molecule has 0 spiro atoms. The summed E-state index contributed by atoms with van der Waals surface area (Å²) in [5.74, 6) is 1.59. The Morgan fingerprint density at radius 2 is 1.90 bits per heavy atom.